The quantitative estimate of drug-likeness (QED) is 0.0986. The molecule has 0 atom stereocenters. The zero-order valence-electron chi connectivity index (χ0n) is 25.3. The number of fused-ring (bicyclic) bond motifs is 3. The molecule has 0 saturated heterocycles. The lowest BCUT2D eigenvalue weighted by Gasteiger charge is -2.13. The highest BCUT2D eigenvalue weighted by Crippen LogP contribution is 2.42. The second-order valence-corrected chi connectivity index (χ2v) is 10.8. The van der Waals surface area contributed by atoms with E-state index in [4.69, 9.17) is 13.9 Å². The molecule has 1 heterocycles. The second-order valence-electron chi connectivity index (χ2n) is 10.8. The first-order valence-electron chi connectivity index (χ1n) is 15.1. The Labute approximate surface area is 255 Å². The standard InChI is InChI=1S/C40H40O3/c1-5-7-9-11-13-23-41-37-27-35-36-28-38(42-24-14-12-10-8-6-2)34(32-21-17-30(4)18-22-32)26-40(36)43-39(35)25-33(37)31-19-15-29(3)16-20-31/h5-10,15-22,25-28H,1-2,11-14,23-24H2,3-4H3. The smallest absolute Gasteiger partial charge is 0.136 e. The molecule has 3 heteroatoms. The maximum atomic E-state index is 6.53. The van der Waals surface area contributed by atoms with E-state index < -0.39 is 0 Å². The Morgan fingerprint density at radius 1 is 0.605 bits per heavy atom. The molecule has 0 aliphatic heterocycles. The largest absolute Gasteiger partial charge is 0.493 e. The summed E-state index contributed by atoms with van der Waals surface area (Å²) in [5, 5.41) is 2.03. The maximum absolute atomic E-state index is 6.53. The highest BCUT2D eigenvalue weighted by atomic mass is 16.5. The van der Waals surface area contributed by atoms with Crippen LogP contribution in [-0.2, 0) is 0 Å². The topological polar surface area (TPSA) is 31.6 Å². The van der Waals surface area contributed by atoms with Gasteiger partial charge in [0.1, 0.15) is 22.7 Å². The molecule has 5 aromatic rings. The SMILES string of the molecule is C=CC=CCCCOc1cc2c(cc1-c1ccc(C)cc1)oc1cc(-c3ccc(C)cc3)c(OCCCC=CC=C)cc12. The van der Waals surface area contributed by atoms with Gasteiger partial charge in [-0.1, -0.05) is 109 Å². The number of benzene rings is 4. The highest BCUT2D eigenvalue weighted by molar-refractivity contribution is 6.09. The van der Waals surface area contributed by atoms with Gasteiger partial charge in [0.05, 0.1) is 13.2 Å². The van der Waals surface area contributed by atoms with Gasteiger partial charge in [-0.15, -0.1) is 0 Å². The van der Waals surface area contributed by atoms with Gasteiger partial charge in [-0.3, -0.25) is 0 Å². The lowest BCUT2D eigenvalue weighted by Crippen LogP contribution is -1.99. The Bertz CT molecular complexity index is 1620. The Hall–Kier alpha value is -4.76. The molecule has 1 aromatic heterocycles. The first-order valence-corrected chi connectivity index (χ1v) is 15.1. The molecule has 0 aliphatic carbocycles. The molecule has 0 unspecified atom stereocenters. The Balaban J connectivity index is 1.57. The third kappa shape index (κ3) is 7.37. The van der Waals surface area contributed by atoms with Gasteiger partial charge in [-0.25, -0.2) is 0 Å². The van der Waals surface area contributed by atoms with Crippen LogP contribution in [0.4, 0.5) is 0 Å². The van der Waals surface area contributed by atoms with Crippen molar-refractivity contribution in [1.29, 1.82) is 0 Å². The van der Waals surface area contributed by atoms with Crippen LogP contribution in [0.15, 0.2) is 127 Å². The number of hydrogen-bond acceptors (Lipinski definition) is 3. The summed E-state index contributed by atoms with van der Waals surface area (Å²) in [6.07, 6.45) is 15.5. The molecule has 0 bridgehead atoms. The number of hydrogen-bond donors (Lipinski definition) is 0. The molecular formula is C40H40O3. The van der Waals surface area contributed by atoms with Crippen molar-refractivity contribution in [2.45, 2.75) is 39.5 Å². The third-order valence-corrected chi connectivity index (χ3v) is 7.49. The molecule has 3 nitrogen and oxygen atoms in total. The van der Waals surface area contributed by atoms with E-state index in [1.54, 1.807) is 12.2 Å². The van der Waals surface area contributed by atoms with E-state index in [9.17, 15) is 0 Å². The van der Waals surface area contributed by atoms with Crippen molar-refractivity contribution >= 4 is 21.9 Å². The minimum absolute atomic E-state index is 0.619. The second kappa shape index (κ2) is 14.4. The first-order chi connectivity index (χ1) is 21.1. The zero-order chi connectivity index (χ0) is 30.0. The van der Waals surface area contributed by atoms with Crippen molar-refractivity contribution in [3.8, 4) is 33.8 Å². The van der Waals surface area contributed by atoms with Crippen LogP contribution in [0.25, 0.3) is 44.2 Å². The van der Waals surface area contributed by atoms with Crippen LogP contribution in [0.3, 0.4) is 0 Å². The number of furan rings is 1. The number of ether oxygens (including phenoxy) is 2. The minimum atomic E-state index is 0.619. The van der Waals surface area contributed by atoms with Gasteiger partial charge < -0.3 is 13.9 Å². The van der Waals surface area contributed by atoms with Crippen molar-refractivity contribution in [2.75, 3.05) is 13.2 Å². The van der Waals surface area contributed by atoms with Crippen LogP contribution in [0.1, 0.15) is 36.8 Å². The van der Waals surface area contributed by atoms with Gasteiger partial charge in [-0.2, -0.15) is 0 Å². The molecule has 4 aromatic carbocycles. The first kappa shape index (κ1) is 29.7. The average Bonchev–Trinajstić information content (AvgIpc) is 3.37. The summed E-state index contributed by atoms with van der Waals surface area (Å²) < 4.78 is 19.4. The van der Waals surface area contributed by atoms with Gasteiger partial charge in [0.2, 0.25) is 0 Å². The molecule has 0 N–H and O–H groups in total. The normalized spacial score (nSPS) is 11.6. The highest BCUT2D eigenvalue weighted by Gasteiger charge is 2.18. The summed E-state index contributed by atoms with van der Waals surface area (Å²) in [6.45, 7) is 12.9. The molecule has 43 heavy (non-hydrogen) atoms. The van der Waals surface area contributed by atoms with E-state index in [1.807, 2.05) is 12.2 Å². The number of unbranched alkanes of at least 4 members (excludes halogenated alkanes) is 2. The van der Waals surface area contributed by atoms with E-state index >= 15 is 0 Å². The molecule has 0 spiro atoms. The molecule has 0 amide bonds. The molecule has 0 saturated carbocycles. The summed E-state index contributed by atoms with van der Waals surface area (Å²) in [5.41, 5.74) is 8.35. The van der Waals surface area contributed by atoms with Crippen molar-refractivity contribution < 1.29 is 13.9 Å². The molecule has 0 radical (unpaired) electrons. The number of rotatable bonds is 14. The summed E-state index contributed by atoms with van der Waals surface area (Å²) in [5.74, 6) is 1.71. The van der Waals surface area contributed by atoms with E-state index in [1.165, 1.54) is 11.1 Å². The molecule has 0 fully saturated rings. The van der Waals surface area contributed by atoms with Crippen LogP contribution in [0.2, 0.25) is 0 Å². The van der Waals surface area contributed by atoms with Crippen LogP contribution in [-0.4, -0.2) is 13.2 Å². The molecule has 0 aliphatic rings. The van der Waals surface area contributed by atoms with Crippen LogP contribution in [0.5, 0.6) is 11.5 Å². The van der Waals surface area contributed by atoms with Crippen molar-refractivity contribution in [2.24, 2.45) is 0 Å². The van der Waals surface area contributed by atoms with Crippen LogP contribution >= 0.6 is 0 Å². The predicted molar refractivity (Wildman–Crippen MR) is 182 cm³/mol. The molecule has 5 rings (SSSR count). The van der Waals surface area contributed by atoms with Crippen molar-refractivity contribution in [3.63, 3.8) is 0 Å². The monoisotopic (exact) mass is 568 g/mol. The predicted octanol–water partition coefficient (Wildman–Crippen LogP) is 11.3. The van der Waals surface area contributed by atoms with E-state index in [2.05, 4.69) is 112 Å². The Kier molecular flexibility index (Phi) is 9.97. The van der Waals surface area contributed by atoms with Gasteiger partial charge >= 0.3 is 0 Å². The fourth-order valence-electron chi connectivity index (χ4n) is 5.14. The minimum Gasteiger partial charge on any atom is -0.493 e. The van der Waals surface area contributed by atoms with Gasteiger partial charge in [0.15, 0.2) is 0 Å². The molecular weight excluding hydrogens is 528 g/mol. The Morgan fingerprint density at radius 3 is 1.42 bits per heavy atom. The average molecular weight is 569 g/mol. The van der Waals surface area contributed by atoms with Gasteiger partial charge in [0, 0.05) is 21.9 Å². The summed E-state index contributed by atoms with van der Waals surface area (Å²) in [7, 11) is 0. The van der Waals surface area contributed by atoms with E-state index in [0.717, 1.165) is 81.4 Å². The van der Waals surface area contributed by atoms with Gasteiger partial charge in [-0.05, 0) is 74.9 Å². The van der Waals surface area contributed by atoms with E-state index in [0.29, 0.717) is 13.2 Å². The number of aryl methyl sites for hydroxylation is 2. The van der Waals surface area contributed by atoms with Gasteiger partial charge in [0.25, 0.3) is 0 Å². The third-order valence-electron chi connectivity index (χ3n) is 7.49. The molecule has 218 valence electrons. The summed E-state index contributed by atoms with van der Waals surface area (Å²) in [6, 6.07) is 25.6. The van der Waals surface area contributed by atoms with Crippen molar-refractivity contribution in [3.05, 3.63) is 134 Å². The number of allylic oxidation sites excluding steroid dienone is 6. The Morgan fingerprint density at radius 2 is 1.02 bits per heavy atom. The van der Waals surface area contributed by atoms with E-state index in [-0.39, 0.29) is 0 Å². The maximum Gasteiger partial charge on any atom is 0.136 e. The zero-order valence-corrected chi connectivity index (χ0v) is 25.3. The summed E-state index contributed by atoms with van der Waals surface area (Å²) in [4.78, 5) is 0. The fraction of sp³-hybridized carbons (Fsp3) is 0.200. The van der Waals surface area contributed by atoms with Crippen molar-refractivity contribution in [1.82, 2.24) is 0 Å². The van der Waals surface area contributed by atoms with Crippen LogP contribution < -0.4 is 9.47 Å². The van der Waals surface area contributed by atoms with Crippen LogP contribution in [0, 0.1) is 13.8 Å². The fourth-order valence-corrected chi connectivity index (χ4v) is 5.14. The summed E-state index contributed by atoms with van der Waals surface area (Å²) >= 11 is 0. The lowest BCUT2D eigenvalue weighted by atomic mass is 9.99. The lowest BCUT2D eigenvalue weighted by molar-refractivity contribution is 0.313.